The van der Waals surface area contributed by atoms with Crippen LogP contribution >= 0.6 is 0 Å². The summed E-state index contributed by atoms with van der Waals surface area (Å²) in [5.74, 6) is 1.47. The highest BCUT2D eigenvalue weighted by molar-refractivity contribution is 5.69. The van der Waals surface area contributed by atoms with E-state index in [-0.39, 0.29) is 5.97 Å². The van der Waals surface area contributed by atoms with Gasteiger partial charge in [-0.25, -0.2) is 0 Å². The molecule has 0 aliphatic rings. The third-order valence-corrected chi connectivity index (χ3v) is 3.84. The molecule has 0 aromatic heterocycles. The highest BCUT2D eigenvalue weighted by atomic mass is 16.5. The number of esters is 1. The Hall–Kier alpha value is -0.530. The Bertz CT molecular complexity index is 223. The lowest BCUT2D eigenvalue weighted by Gasteiger charge is -2.12. The smallest absolute Gasteiger partial charge is 0.305 e. The molecule has 0 aromatic rings. The minimum absolute atomic E-state index is 0.00382. The Morgan fingerprint density at radius 2 is 1.60 bits per heavy atom. The van der Waals surface area contributed by atoms with Gasteiger partial charge in [0.15, 0.2) is 0 Å². The van der Waals surface area contributed by atoms with Crippen LogP contribution in [-0.4, -0.2) is 12.6 Å². The van der Waals surface area contributed by atoms with E-state index in [9.17, 15) is 4.79 Å². The Morgan fingerprint density at radius 1 is 0.900 bits per heavy atom. The van der Waals surface area contributed by atoms with E-state index >= 15 is 0 Å². The van der Waals surface area contributed by atoms with Crippen LogP contribution in [0, 0.1) is 11.8 Å². The van der Waals surface area contributed by atoms with Crippen molar-refractivity contribution in [1.29, 1.82) is 0 Å². The van der Waals surface area contributed by atoms with Crippen molar-refractivity contribution in [3.63, 3.8) is 0 Å². The maximum Gasteiger partial charge on any atom is 0.305 e. The van der Waals surface area contributed by atoms with E-state index in [1.807, 2.05) is 0 Å². The van der Waals surface area contributed by atoms with E-state index in [0.717, 1.165) is 25.2 Å². The first-order valence-electron chi connectivity index (χ1n) is 8.71. The van der Waals surface area contributed by atoms with Gasteiger partial charge in [0.2, 0.25) is 0 Å². The Balaban J connectivity index is 3.37. The predicted molar refractivity (Wildman–Crippen MR) is 86.8 cm³/mol. The summed E-state index contributed by atoms with van der Waals surface area (Å²) in [4.78, 5) is 11.5. The molecule has 0 aliphatic carbocycles. The van der Waals surface area contributed by atoms with Crippen LogP contribution in [0.15, 0.2) is 0 Å². The summed E-state index contributed by atoms with van der Waals surface area (Å²) >= 11 is 0. The van der Waals surface area contributed by atoms with Crippen molar-refractivity contribution in [3.8, 4) is 0 Å². The van der Waals surface area contributed by atoms with Crippen LogP contribution in [0.5, 0.6) is 0 Å². The molecule has 0 amide bonds. The number of carbonyl (C=O) groups is 1. The van der Waals surface area contributed by atoms with Crippen molar-refractivity contribution in [2.75, 3.05) is 6.61 Å². The van der Waals surface area contributed by atoms with Gasteiger partial charge in [-0.05, 0) is 24.7 Å². The number of hydrogen-bond donors (Lipinski definition) is 0. The molecule has 20 heavy (non-hydrogen) atoms. The molecule has 0 spiro atoms. The number of carbonyl (C=O) groups excluding carboxylic acids is 1. The van der Waals surface area contributed by atoms with Crippen LogP contribution in [0.3, 0.4) is 0 Å². The van der Waals surface area contributed by atoms with Gasteiger partial charge in [0.25, 0.3) is 0 Å². The molecule has 0 N–H and O–H groups in total. The van der Waals surface area contributed by atoms with Gasteiger partial charge in [-0.3, -0.25) is 4.79 Å². The average molecular weight is 284 g/mol. The molecular weight excluding hydrogens is 248 g/mol. The zero-order valence-corrected chi connectivity index (χ0v) is 14.2. The molecule has 1 atom stereocenters. The lowest BCUT2D eigenvalue weighted by atomic mass is 9.98. The zero-order valence-electron chi connectivity index (χ0n) is 14.2. The van der Waals surface area contributed by atoms with Crippen LogP contribution in [0.4, 0.5) is 0 Å². The fraction of sp³-hybridized carbons (Fsp3) is 0.944. The molecule has 0 aromatic carbocycles. The summed E-state index contributed by atoms with van der Waals surface area (Å²) in [6, 6.07) is 0. The topological polar surface area (TPSA) is 26.3 Å². The SMILES string of the molecule is CCCCCCCC(=O)OCC[C@H](C)CCCC(C)C. The van der Waals surface area contributed by atoms with Crippen molar-refractivity contribution in [3.05, 3.63) is 0 Å². The van der Waals surface area contributed by atoms with Gasteiger partial charge >= 0.3 is 5.97 Å². The lowest BCUT2D eigenvalue weighted by molar-refractivity contribution is -0.144. The first kappa shape index (κ1) is 19.5. The van der Waals surface area contributed by atoms with Gasteiger partial charge in [0, 0.05) is 6.42 Å². The highest BCUT2D eigenvalue weighted by Gasteiger charge is 2.06. The first-order valence-corrected chi connectivity index (χ1v) is 8.71. The second-order valence-electron chi connectivity index (χ2n) is 6.60. The van der Waals surface area contributed by atoms with Crippen molar-refractivity contribution in [1.82, 2.24) is 0 Å². The molecule has 0 heterocycles. The molecule has 0 saturated carbocycles. The second-order valence-corrected chi connectivity index (χ2v) is 6.60. The number of hydrogen-bond acceptors (Lipinski definition) is 2. The monoisotopic (exact) mass is 284 g/mol. The summed E-state index contributed by atoms with van der Waals surface area (Å²) in [7, 11) is 0. The van der Waals surface area contributed by atoms with Gasteiger partial charge in [-0.1, -0.05) is 72.6 Å². The molecule has 0 radical (unpaired) electrons. The molecule has 0 rings (SSSR count). The molecule has 0 aliphatic heterocycles. The summed E-state index contributed by atoms with van der Waals surface area (Å²) in [6.45, 7) is 9.62. The normalized spacial score (nSPS) is 12.7. The van der Waals surface area contributed by atoms with Crippen LogP contribution in [0.1, 0.15) is 91.9 Å². The van der Waals surface area contributed by atoms with E-state index in [0.29, 0.717) is 18.9 Å². The Morgan fingerprint density at radius 3 is 2.25 bits per heavy atom. The summed E-state index contributed by atoms with van der Waals surface area (Å²) in [6.07, 6.45) is 11.4. The van der Waals surface area contributed by atoms with Gasteiger partial charge in [0.1, 0.15) is 0 Å². The Kier molecular flexibility index (Phi) is 13.1. The van der Waals surface area contributed by atoms with E-state index < -0.39 is 0 Å². The van der Waals surface area contributed by atoms with Crippen molar-refractivity contribution in [2.24, 2.45) is 11.8 Å². The average Bonchev–Trinajstić information content (AvgIpc) is 2.38. The maximum absolute atomic E-state index is 11.5. The standard InChI is InChI=1S/C18H36O2/c1-5-6-7-8-9-13-18(19)20-15-14-17(4)12-10-11-16(2)3/h16-17H,5-15H2,1-4H3/t17-/m1/s1. The highest BCUT2D eigenvalue weighted by Crippen LogP contribution is 2.15. The van der Waals surface area contributed by atoms with Gasteiger partial charge < -0.3 is 4.74 Å². The molecular formula is C18H36O2. The summed E-state index contributed by atoms with van der Waals surface area (Å²) in [5.41, 5.74) is 0. The molecule has 0 unspecified atom stereocenters. The fourth-order valence-electron chi connectivity index (χ4n) is 2.34. The van der Waals surface area contributed by atoms with E-state index in [1.165, 1.54) is 38.5 Å². The second kappa shape index (κ2) is 13.5. The molecule has 2 nitrogen and oxygen atoms in total. The molecule has 120 valence electrons. The zero-order chi connectivity index (χ0) is 15.2. The van der Waals surface area contributed by atoms with E-state index in [1.54, 1.807) is 0 Å². The van der Waals surface area contributed by atoms with Crippen molar-refractivity contribution >= 4 is 5.97 Å². The predicted octanol–water partition coefficient (Wildman–Crippen LogP) is 5.74. The quantitative estimate of drug-likeness (QED) is 0.318. The molecule has 0 saturated heterocycles. The van der Waals surface area contributed by atoms with Crippen LogP contribution in [-0.2, 0) is 9.53 Å². The van der Waals surface area contributed by atoms with Crippen LogP contribution in [0.2, 0.25) is 0 Å². The van der Waals surface area contributed by atoms with Crippen LogP contribution in [0.25, 0.3) is 0 Å². The third kappa shape index (κ3) is 13.9. The molecule has 0 fully saturated rings. The Labute approximate surface area is 126 Å². The minimum Gasteiger partial charge on any atom is -0.466 e. The maximum atomic E-state index is 11.5. The van der Waals surface area contributed by atoms with E-state index in [4.69, 9.17) is 4.74 Å². The van der Waals surface area contributed by atoms with Gasteiger partial charge in [-0.15, -0.1) is 0 Å². The molecule has 2 heteroatoms. The van der Waals surface area contributed by atoms with E-state index in [2.05, 4.69) is 27.7 Å². The van der Waals surface area contributed by atoms with Crippen molar-refractivity contribution < 1.29 is 9.53 Å². The van der Waals surface area contributed by atoms with Gasteiger partial charge in [0.05, 0.1) is 6.61 Å². The van der Waals surface area contributed by atoms with Gasteiger partial charge in [-0.2, -0.15) is 0 Å². The summed E-state index contributed by atoms with van der Waals surface area (Å²) < 4.78 is 5.31. The largest absolute Gasteiger partial charge is 0.466 e. The van der Waals surface area contributed by atoms with Crippen molar-refractivity contribution in [2.45, 2.75) is 91.9 Å². The number of ether oxygens (including phenoxy) is 1. The number of rotatable bonds is 13. The fourth-order valence-corrected chi connectivity index (χ4v) is 2.34. The lowest BCUT2D eigenvalue weighted by Crippen LogP contribution is -2.08. The number of unbranched alkanes of at least 4 members (excludes halogenated alkanes) is 4. The molecule has 0 bridgehead atoms. The minimum atomic E-state index is -0.00382. The van der Waals surface area contributed by atoms with Crippen LogP contribution < -0.4 is 0 Å². The first-order chi connectivity index (χ1) is 9.56. The summed E-state index contributed by atoms with van der Waals surface area (Å²) in [5, 5.41) is 0. The third-order valence-electron chi connectivity index (χ3n) is 3.84.